The fraction of sp³-hybridized carbons (Fsp3) is 1.00. The molecule has 4 heteroatoms. The van der Waals surface area contributed by atoms with Crippen LogP contribution < -0.4 is 0 Å². The van der Waals surface area contributed by atoms with Crippen molar-refractivity contribution < 1.29 is 14.2 Å². The first-order valence-corrected chi connectivity index (χ1v) is 6.87. The third kappa shape index (κ3) is 3.63. The predicted molar refractivity (Wildman–Crippen MR) is 61.2 cm³/mol. The second-order valence-electron chi connectivity index (χ2n) is 4.09. The van der Waals surface area contributed by atoms with E-state index in [0.29, 0.717) is 11.4 Å². The summed E-state index contributed by atoms with van der Waals surface area (Å²) in [6.07, 6.45) is 3.70. The zero-order chi connectivity index (χ0) is 10.5. The highest BCUT2D eigenvalue weighted by Crippen LogP contribution is 2.27. The Morgan fingerprint density at radius 2 is 1.93 bits per heavy atom. The van der Waals surface area contributed by atoms with Crippen molar-refractivity contribution in [2.24, 2.45) is 0 Å². The standard InChI is InChI=1S/C11H20O3S/c1-9-10(3-7-12-9)15-8-4-11-13-5-2-6-14-11/h9-11H,2-8H2,1H3. The summed E-state index contributed by atoms with van der Waals surface area (Å²) in [6.45, 7) is 4.81. The van der Waals surface area contributed by atoms with Gasteiger partial charge in [-0.3, -0.25) is 0 Å². The van der Waals surface area contributed by atoms with Gasteiger partial charge < -0.3 is 14.2 Å². The monoisotopic (exact) mass is 232 g/mol. The largest absolute Gasteiger partial charge is 0.377 e. The van der Waals surface area contributed by atoms with Crippen LogP contribution in [0.4, 0.5) is 0 Å². The summed E-state index contributed by atoms with van der Waals surface area (Å²) in [6, 6.07) is 0. The molecule has 0 bridgehead atoms. The van der Waals surface area contributed by atoms with E-state index < -0.39 is 0 Å². The second-order valence-corrected chi connectivity index (χ2v) is 5.43. The van der Waals surface area contributed by atoms with Gasteiger partial charge >= 0.3 is 0 Å². The number of hydrogen-bond acceptors (Lipinski definition) is 4. The quantitative estimate of drug-likeness (QED) is 0.741. The van der Waals surface area contributed by atoms with Crippen LogP contribution in [0.2, 0.25) is 0 Å². The van der Waals surface area contributed by atoms with Crippen LogP contribution >= 0.6 is 11.8 Å². The van der Waals surface area contributed by atoms with Gasteiger partial charge in [0.15, 0.2) is 6.29 Å². The van der Waals surface area contributed by atoms with Crippen molar-refractivity contribution in [2.75, 3.05) is 25.6 Å². The molecule has 2 aliphatic rings. The van der Waals surface area contributed by atoms with E-state index in [1.54, 1.807) is 0 Å². The topological polar surface area (TPSA) is 27.7 Å². The Morgan fingerprint density at radius 3 is 2.60 bits per heavy atom. The molecule has 0 aliphatic carbocycles. The maximum Gasteiger partial charge on any atom is 0.158 e. The fourth-order valence-corrected chi connectivity index (χ4v) is 3.19. The van der Waals surface area contributed by atoms with Gasteiger partial charge in [0.05, 0.1) is 19.3 Å². The summed E-state index contributed by atoms with van der Waals surface area (Å²) in [5, 5.41) is 0.675. The molecule has 0 aromatic carbocycles. The Balaban J connectivity index is 1.57. The molecule has 3 nitrogen and oxygen atoms in total. The van der Waals surface area contributed by atoms with E-state index in [1.165, 1.54) is 6.42 Å². The van der Waals surface area contributed by atoms with E-state index in [1.807, 2.05) is 11.8 Å². The molecule has 0 aromatic heterocycles. The van der Waals surface area contributed by atoms with Gasteiger partial charge in [0.1, 0.15) is 0 Å². The van der Waals surface area contributed by atoms with Crippen molar-refractivity contribution in [3.63, 3.8) is 0 Å². The van der Waals surface area contributed by atoms with E-state index in [9.17, 15) is 0 Å². The molecule has 0 aromatic rings. The molecular formula is C11H20O3S. The number of thioether (sulfide) groups is 1. The average molecular weight is 232 g/mol. The molecule has 2 fully saturated rings. The van der Waals surface area contributed by atoms with Crippen LogP contribution in [-0.2, 0) is 14.2 Å². The summed E-state index contributed by atoms with van der Waals surface area (Å²) in [5.74, 6) is 1.11. The molecule has 0 radical (unpaired) electrons. The minimum absolute atomic E-state index is 0.0453. The van der Waals surface area contributed by atoms with Gasteiger partial charge in [0, 0.05) is 18.3 Å². The van der Waals surface area contributed by atoms with E-state index in [2.05, 4.69) is 6.92 Å². The zero-order valence-electron chi connectivity index (χ0n) is 9.31. The van der Waals surface area contributed by atoms with E-state index in [4.69, 9.17) is 14.2 Å². The van der Waals surface area contributed by atoms with Crippen molar-refractivity contribution in [1.29, 1.82) is 0 Å². The molecule has 0 N–H and O–H groups in total. The van der Waals surface area contributed by atoms with E-state index in [-0.39, 0.29) is 6.29 Å². The lowest BCUT2D eigenvalue weighted by Gasteiger charge is -2.23. The number of hydrogen-bond donors (Lipinski definition) is 0. The van der Waals surface area contributed by atoms with Crippen LogP contribution in [0, 0.1) is 0 Å². The van der Waals surface area contributed by atoms with Gasteiger partial charge in [-0.1, -0.05) is 0 Å². The Morgan fingerprint density at radius 1 is 1.13 bits per heavy atom. The van der Waals surface area contributed by atoms with Crippen molar-refractivity contribution in [3.05, 3.63) is 0 Å². The molecule has 0 saturated carbocycles. The lowest BCUT2D eigenvalue weighted by atomic mass is 10.3. The Labute approximate surface area is 95.8 Å². The Hall–Kier alpha value is 0.230. The van der Waals surface area contributed by atoms with Crippen LogP contribution in [0.1, 0.15) is 26.2 Å². The molecular weight excluding hydrogens is 212 g/mol. The zero-order valence-corrected chi connectivity index (χ0v) is 10.1. The highest BCUT2D eigenvalue weighted by atomic mass is 32.2. The normalized spacial score (nSPS) is 33.4. The first-order chi connectivity index (χ1) is 7.36. The summed E-state index contributed by atoms with van der Waals surface area (Å²) in [5.41, 5.74) is 0. The predicted octanol–water partition coefficient (Wildman–Crippen LogP) is 2.05. The van der Waals surface area contributed by atoms with Crippen molar-refractivity contribution in [1.82, 2.24) is 0 Å². The average Bonchev–Trinajstić information content (AvgIpc) is 2.66. The first kappa shape index (κ1) is 11.7. The highest BCUT2D eigenvalue weighted by Gasteiger charge is 2.24. The molecule has 0 amide bonds. The SMILES string of the molecule is CC1OCCC1SCCC1OCCCO1. The molecule has 2 heterocycles. The fourth-order valence-electron chi connectivity index (χ4n) is 1.95. The molecule has 2 atom stereocenters. The van der Waals surface area contributed by atoms with Gasteiger partial charge in [-0.15, -0.1) is 0 Å². The van der Waals surface area contributed by atoms with Crippen LogP contribution in [0.5, 0.6) is 0 Å². The maximum atomic E-state index is 5.52. The van der Waals surface area contributed by atoms with Gasteiger partial charge in [-0.25, -0.2) is 0 Å². The molecule has 2 rings (SSSR count). The summed E-state index contributed by atoms with van der Waals surface area (Å²) in [7, 11) is 0. The van der Waals surface area contributed by atoms with Gasteiger partial charge in [0.2, 0.25) is 0 Å². The van der Waals surface area contributed by atoms with Gasteiger partial charge in [-0.2, -0.15) is 11.8 Å². The number of ether oxygens (including phenoxy) is 3. The van der Waals surface area contributed by atoms with Crippen molar-refractivity contribution in [3.8, 4) is 0 Å². The summed E-state index contributed by atoms with van der Waals surface area (Å²) in [4.78, 5) is 0. The molecule has 15 heavy (non-hydrogen) atoms. The van der Waals surface area contributed by atoms with Crippen molar-refractivity contribution in [2.45, 2.75) is 43.8 Å². The third-order valence-corrected chi connectivity index (χ3v) is 4.41. The highest BCUT2D eigenvalue weighted by molar-refractivity contribution is 7.99. The second kappa shape index (κ2) is 6.09. The number of rotatable bonds is 4. The smallest absolute Gasteiger partial charge is 0.158 e. The molecule has 0 spiro atoms. The third-order valence-electron chi connectivity index (χ3n) is 2.89. The maximum absolute atomic E-state index is 5.52. The van der Waals surface area contributed by atoms with Crippen LogP contribution in [0.3, 0.4) is 0 Å². The van der Waals surface area contributed by atoms with Crippen LogP contribution in [-0.4, -0.2) is 43.2 Å². The Bertz CT molecular complexity index is 183. The molecule has 2 saturated heterocycles. The molecule has 2 aliphatic heterocycles. The van der Waals surface area contributed by atoms with Crippen LogP contribution in [0.15, 0.2) is 0 Å². The van der Waals surface area contributed by atoms with Gasteiger partial charge in [-0.05, 0) is 25.5 Å². The molecule has 88 valence electrons. The lowest BCUT2D eigenvalue weighted by molar-refractivity contribution is -0.178. The lowest BCUT2D eigenvalue weighted by Crippen LogP contribution is -2.25. The first-order valence-electron chi connectivity index (χ1n) is 5.82. The summed E-state index contributed by atoms with van der Waals surface area (Å²) >= 11 is 2.00. The van der Waals surface area contributed by atoms with E-state index in [0.717, 1.165) is 38.4 Å². The van der Waals surface area contributed by atoms with Crippen LogP contribution in [0.25, 0.3) is 0 Å². The van der Waals surface area contributed by atoms with Crippen molar-refractivity contribution >= 4 is 11.8 Å². The van der Waals surface area contributed by atoms with E-state index >= 15 is 0 Å². The Kier molecular flexibility index (Phi) is 4.75. The summed E-state index contributed by atoms with van der Waals surface area (Å²) < 4.78 is 16.5. The van der Waals surface area contributed by atoms with Gasteiger partial charge in [0.25, 0.3) is 0 Å². The minimum atomic E-state index is 0.0453. The molecule has 2 unspecified atom stereocenters. The minimum Gasteiger partial charge on any atom is -0.377 e.